The number of nitrogens with one attached hydrogen (secondary N) is 1. The van der Waals surface area contributed by atoms with Gasteiger partial charge in [-0.1, -0.05) is 19.1 Å². The van der Waals surface area contributed by atoms with Gasteiger partial charge in [-0.3, -0.25) is 14.4 Å². The summed E-state index contributed by atoms with van der Waals surface area (Å²) in [6.45, 7) is 3.20. The zero-order valence-corrected chi connectivity index (χ0v) is 15.7. The highest BCUT2D eigenvalue weighted by atomic mass is 19.1. The number of hydrogen-bond donors (Lipinski definition) is 2. The van der Waals surface area contributed by atoms with Crippen LogP contribution in [-0.2, 0) is 17.8 Å². The van der Waals surface area contributed by atoms with E-state index >= 15 is 0 Å². The first-order valence-electron chi connectivity index (χ1n) is 9.26. The third-order valence-corrected chi connectivity index (χ3v) is 5.11. The summed E-state index contributed by atoms with van der Waals surface area (Å²) in [5.74, 6) is -2.19. The molecular weight excluding hydrogens is 381 g/mol. The van der Waals surface area contributed by atoms with E-state index < -0.39 is 35.0 Å². The van der Waals surface area contributed by atoms with Crippen molar-refractivity contribution in [2.45, 2.75) is 26.2 Å². The molecule has 2 N–H and O–H groups in total. The highest BCUT2D eigenvalue weighted by Gasteiger charge is 2.39. The van der Waals surface area contributed by atoms with Crippen molar-refractivity contribution in [3.8, 4) is 5.75 Å². The Balaban J connectivity index is 1.61. The number of carbonyl (C=O) groups excluding carboxylic acids is 2. The third kappa shape index (κ3) is 3.49. The van der Waals surface area contributed by atoms with E-state index in [0.717, 1.165) is 0 Å². The van der Waals surface area contributed by atoms with Gasteiger partial charge in [0.05, 0.1) is 13.2 Å². The van der Waals surface area contributed by atoms with Crippen LogP contribution in [0.15, 0.2) is 35.3 Å². The quantitative estimate of drug-likeness (QED) is 0.801. The summed E-state index contributed by atoms with van der Waals surface area (Å²) < 4.78 is 20.1. The number of halogens is 1. The van der Waals surface area contributed by atoms with Crippen LogP contribution >= 0.6 is 0 Å². The van der Waals surface area contributed by atoms with E-state index in [1.807, 2.05) is 6.92 Å². The second kappa shape index (κ2) is 7.32. The van der Waals surface area contributed by atoms with Gasteiger partial charge >= 0.3 is 0 Å². The number of fused-ring (bicyclic) bond motifs is 2. The largest absolute Gasteiger partial charge is 0.503 e. The Morgan fingerprint density at radius 1 is 1.28 bits per heavy atom. The lowest BCUT2D eigenvalue weighted by atomic mass is 10.1. The van der Waals surface area contributed by atoms with E-state index in [4.69, 9.17) is 4.74 Å². The lowest BCUT2D eigenvalue weighted by Gasteiger charge is -2.42. The number of hydrogen-bond acceptors (Lipinski definition) is 5. The van der Waals surface area contributed by atoms with Crippen molar-refractivity contribution >= 4 is 11.8 Å². The molecule has 0 saturated carbocycles. The molecule has 152 valence electrons. The summed E-state index contributed by atoms with van der Waals surface area (Å²) in [7, 11) is 0. The molecule has 2 aromatic rings. The molecule has 1 aromatic heterocycles. The fraction of sp³-hybridized carbons (Fsp3) is 0.350. The van der Waals surface area contributed by atoms with Crippen LogP contribution in [0.1, 0.15) is 33.3 Å². The number of aromatic hydroxyl groups is 1. The number of benzene rings is 1. The molecule has 9 heteroatoms. The summed E-state index contributed by atoms with van der Waals surface area (Å²) in [6.07, 6.45) is 0.761. The van der Waals surface area contributed by atoms with Gasteiger partial charge in [-0.15, -0.1) is 0 Å². The van der Waals surface area contributed by atoms with Crippen molar-refractivity contribution in [3.63, 3.8) is 0 Å². The minimum Gasteiger partial charge on any atom is -0.503 e. The number of carbonyl (C=O) groups is 2. The minimum absolute atomic E-state index is 0.0808. The van der Waals surface area contributed by atoms with E-state index in [1.165, 1.54) is 39.9 Å². The van der Waals surface area contributed by atoms with Crippen LogP contribution in [0.3, 0.4) is 0 Å². The zero-order valence-electron chi connectivity index (χ0n) is 15.7. The van der Waals surface area contributed by atoms with Gasteiger partial charge in [-0.05, 0) is 23.6 Å². The third-order valence-electron chi connectivity index (χ3n) is 5.11. The molecule has 1 saturated heterocycles. The molecule has 0 spiro atoms. The van der Waals surface area contributed by atoms with Crippen LogP contribution in [0, 0.1) is 11.7 Å². The Bertz CT molecular complexity index is 1030. The highest BCUT2D eigenvalue weighted by molar-refractivity contribution is 5.99. The zero-order chi connectivity index (χ0) is 20.7. The Hall–Kier alpha value is -3.20. The molecular formula is C20H20FN3O5. The summed E-state index contributed by atoms with van der Waals surface area (Å²) in [5, 5.41) is 12.9. The van der Waals surface area contributed by atoms with Crippen molar-refractivity contribution in [1.82, 2.24) is 14.8 Å². The number of rotatable bonds is 3. The Labute approximate surface area is 165 Å². The van der Waals surface area contributed by atoms with Crippen LogP contribution in [0.25, 0.3) is 0 Å². The smallest absolute Gasteiger partial charge is 0.276 e. The summed E-state index contributed by atoms with van der Waals surface area (Å²) >= 11 is 0. The van der Waals surface area contributed by atoms with Crippen LogP contribution in [0.2, 0.25) is 0 Å². The molecule has 0 bridgehead atoms. The van der Waals surface area contributed by atoms with Gasteiger partial charge in [0.1, 0.15) is 11.4 Å². The molecule has 1 fully saturated rings. The number of amides is 2. The van der Waals surface area contributed by atoms with Crippen LogP contribution < -0.4 is 10.7 Å². The standard InChI is InChI=1S/C20H20FN3O5/c1-11-7-24-15(29-10-11)9-23-8-14(17(25)18(26)16(23)20(24)28)19(27)22-6-12-2-4-13(21)5-3-12/h2-5,8,11,15,26H,6-7,9-10H2,1H3,(H,22,27)/t11-,15-/m0/s1. The van der Waals surface area contributed by atoms with Gasteiger partial charge < -0.3 is 24.6 Å². The second-order valence-corrected chi connectivity index (χ2v) is 7.38. The van der Waals surface area contributed by atoms with E-state index in [9.17, 15) is 23.9 Å². The normalized spacial score (nSPS) is 20.8. The predicted molar refractivity (Wildman–Crippen MR) is 99.9 cm³/mol. The first-order valence-corrected chi connectivity index (χ1v) is 9.26. The van der Waals surface area contributed by atoms with E-state index in [1.54, 1.807) is 0 Å². The van der Waals surface area contributed by atoms with E-state index in [0.29, 0.717) is 18.7 Å². The molecule has 0 radical (unpaired) electrons. The molecule has 0 unspecified atom stereocenters. The molecule has 8 nitrogen and oxygen atoms in total. The SMILES string of the molecule is C[C@@H]1CO[C@H]2Cn3cc(C(=O)NCc4ccc(F)cc4)c(=O)c(O)c3C(=O)N2C1. The molecule has 2 atom stereocenters. The molecule has 2 amide bonds. The first kappa shape index (κ1) is 19.1. The van der Waals surface area contributed by atoms with Gasteiger partial charge in [0.2, 0.25) is 5.43 Å². The Morgan fingerprint density at radius 3 is 2.72 bits per heavy atom. The van der Waals surface area contributed by atoms with Crippen molar-refractivity contribution in [2.24, 2.45) is 5.92 Å². The number of aromatic nitrogens is 1. The second-order valence-electron chi connectivity index (χ2n) is 7.38. The number of ether oxygens (including phenoxy) is 1. The molecule has 3 heterocycles. The minimum atomic E-state index is -0.911. The summed E-state index contributed by atoms with van der Waals surface area (Å²) in [5.41, 5.74) is -0.680. The van der Waals surface area contributed by atoms with E-state index in [-0.39, 0.29) is 30.3 Å². The average Bonchev–Trinajstić information content (AvgIpc) is 2.70. The van der Waals surface area contributed by atoms with Gasteiger partial charge in [0.25, 0.3) is 11.8 Å². The van der Waals surface area contributed by atoms with E-state index in [2.05, 4.69) is 5.32 Å². The fourth-order valence-electron chi connectivity index (χ4n) is 3.60. The fourth-order valence-corrected chi connectivity index (χ4v) is 3.60. The number of pyridine rings is 1. The van der Waals surface area contributed by atoms with Gasteiger partial charge in [0, 0.05) is 19.3 Å². The summed E-state index contributed by atoms with van der Waals surface area (Å²) in [6, 6.07) is 5.57. The maximum absolute atomic E-state index is 13.0. The maximum atomic E-state index is 13.0. The molecule has 1 aromatic carbocycles. The topological polar surface area (TPSA) is 101 Å². The number of nitrogens with zero attached hydrogens (tertiary/aromatic N) is 2. The lowest BCUT2D eigenvalue weighted by Crippen LogP contribution is -2.55. The first-order chi connectivity index (χ1) is 13.8. The van der Waals surface area contributed by atoms with Gasteiger partial charge in [-0.2, -0.15) is 0 Å². The Morgan fingerprint density at radius 2 is 2.00 bits per heavy atom. The summed E-state index contributed by atoms with van der Waals surface area (Å²) in [4.78, 5) is 39.3. The lowest BCUT2D eigenvalue weighted by molar-refractivity contribution is -0.111. The van der Waals surface area contributed by atoms with Crippen molar-refractivity contribution in [3.05, 3.63) is 63.3 Å². The average molecular weight is 401 g/mol. The van der Waals surface area contributed by atoms with Crippen LogP contribution in [-0.4, -0.2) is 45.8 Å². The highest BCUT2D eigenvalue weighted by Crippen LogP contribution is 2.27. The predicted octanol–water partition coefficient (Wildman–Crippen LogP) is 1.07. The molecule has 29 heavy (non-hydrogen) atoms. The molecule has 0 aliphatic carbocycles. The molecule has 2 aliphatic heterocycles. The van der Waals surface area contributed by atoms with Crippen LogP contribution in [0.4, 0.5) is 4.39 Å². The maximum Gasteiger partial charge on any atom is 0.276 e. The van der Waals surface area contributed by atoms with Crippen molar-refractivity contribution < 1.29 is 23.8 Å². The van der Waals surface area contributed by atoms with Crippen molar-refractivity contribution in [2.75, 3.05) is 13.2 Å². The Kier molecular flexibility index (Phi) is 4.83. The molecule has 4 rings (SSSR count). The molecule has 2 aliphatic rings. The monoisotopic (exact) mass is 401 g/mol. The van der Waals surface area contributed by atoms with Gasteiger partial charge in [0.15, 0.2) is 17.7 Å². The van der Waals surface area contributed by atoms with Crippen LogP contribution in [0.5, 0.6) is 5.75 Å². The van der Waals surface area contributed by atoms with Gasteiger partial charge in [-0.25, -0.2) is 4.39 Å². The van der Waals surface area contributed by atoms with Crippen molar-refractivity contribution in [1.29, 1.82) is 0 Å².